The molecule has 3 amide bonds. The molecular formula is C25H34N4O2. The van der Waals surface area contributed by atoms with Crippen LogP contribution in [-0.4, -0.2) is 54.0 Å². The Morgan fingerprint density at radius 1 is 0.935 bits per heavy atom. The second kappa shape index (κ2) is 11.0. The monoisotopic (exact) mass is 422 g/mol. The van der Waals surface area contributed by atoms with Gasteiger partial charge < -0.3 is 15.5 Å². The first kappa shape index (κ1) is 22.8. The van der Waals surface area contributed by atoms with Gasteiger partial charge in [0.2, 0.25) is 5.91 Å². The zero-order valence-electron chi connectivity index (χ0n) is 18.8. The number of urea groups is 1. The minimum atomic E-state index is -0.529. The van der Waals surface area contributed by atoms with Crippen LogP contribution >= 0.6 is 0 Å². The average molecular weight is 423 g/mol. The summed E-state index contributed by atoms with van der Waals surface area (Å²) in [5, 5.41) is 5.74. The summed E-state index contributed by atoms with van der Waals surface area (Å²) in [6.07, 6.45) is 0. The zero-order chi connectivity index (χ0) is 22.2. The van der Waals surface area contributed by atoms with E-state index >= 15 is 0 Å². The van der Waals surface area contributed by atoms with Crippen LogP contribution in [0.4, 0.5) is 4.79 Å². The third-order valence-electron chi connectivity index (χ3n) is 5.69. The average Bonchev–Trinajstić information content (AvgIpc) is 2.77. The summed E-state index contributed by atoms with van der Waals surface area (Å²) in [7, 11) is 0. The Balaban J connectivity index is 1.49. The van der Waals surface area contributed by atoms with Crippen molar-refractivity contribution in [1.29, 1.82) is 0 Å². The first-order valence-electron chi connectivity index (χ1n) is 11.1. The highest BCUT2D eigenvalue weighted by molar-refractivity contribution is 5.87. The van der Waals surface area contributed by atoms with E-state index in [0.717, 1.165) is 25.2 Å². The lowest BCUT2D eigenvalue weighted by Gasteiger charge is -2.37. The van der Waals surface area contributed by atoms with Gasteiger partial charge in [0.15, 0.2) is 0 Å². The van der Waals surface area contributed by atoms with Crippen molar-refractivity contribution in [3.8, 4) is 0 Å². The maximum atomic E-state index is 13.1. The lowest BCUT2D eigenvalue weighted by molar-refractivity contribution is -0.136. The molecular weight excluding hydrogens is 388 g/mol. The molecule has 1 fully saturated rings. The molecule has 1 saturated heterocycles. The fourth-order valence-corrected chi connectivity index (χ4v) is 3.88. The summed E-state index contributed by atoms with van der Waals surface area (Å²) < 4.78 is 0. The van der Waals surface area contributed by atoms with E-state index in [1.165, 1.54) is 11.1 Å². The van der Waals surface area contributed by atoms with E-state index in [2.05, 4.69) is 46.7 Å². The van der Waals surface area contributed by atoms with Gasteiger partial charge in [-0.1, -0.05) is 74.0 Å². The number of carbonyl (C=O) groups excluding carboxylic acids is 2. The summed E-state index contributed by atoms with van der Waals surface area (Å²) in [6, 6.07) is 17.5. The molecule has 1 aliphatic rings. The predicted molar refractivity (Wildman–Crippen MR) is 123 cm³/mol. The van der Waals surface area contributed by atoms with Crippen molar-refractivity contribution in [3.63, 3.8) is 0 Å². The van der Waals surface area contributed by atoms with Crippen LogP contribution in [0.25, 0.3) is 0 Å². The molecule has 0 aliphatic carbocycles. The first-order chi connectivity index (χ1) is 14.9. The van der Waals surface area contributed by atoms with Crippen LogP contribution in [0.2, 0.25) is 0 Å². The molecule has 1 heterocycles. The molecule has 1 atom stereocenters. The highest BCUT2D eigenvalue weighted by Gasteiger charge is 2.30. The molecule has 0 saturated carbocycles. The maximum Gasteiger partial charge on any atom is 0.315 e. The number of nitrogens with one attached hydrogen (secondary N) is 2. The quantitative estimate of drug-likeness (QED) is 0.720. The zero-order valence-corrected chi connectivity index (χ0v) is 18.8. The number of hydrogen-bond donors (Lipinski definition) is 2. The van der Waals surface area contributed by atoms with Crippen molar-refractivity contribution in [3.05, 3.63) is 71.3 Å². The van der Waals surface area contributed by atoms with E-state index in [4.69, 9.17) is 0 Å². The Labute approximate surface area is 185 Å². The lowest BCUT2D eigenvalue weighted by Crippen LogP contribution is -2.57. The van der Waals surface area contributed by atoms with E-state index in [1.54, 1.807) is 0 Å². The molecule has 2 aromatic rings. The van der Waals surface area contributed by atoms with Crippen LogP contribution in [-0.2, 0) is 17.9 Å². The second-order valence-electron chi connectivity index (χ2n) is 8.62. The minimum absolute atomic E-state index is 0.0000617. The molecule has 0 radical (unpaired) electrons. The fourth-order valence-electron chi connectivity index (χ4n) is 3.88. The number of hydrogen-bond acceptors (Lipinski definition) is 3. The highest BCUT2D eigenvalue weighted by atomic mass is 16.2. The normalized spacial score (nSPS) is 15.5. The van der Waals surface area contributed by atoms with E-state index in [1.807, 2.05) is 49.1 Å². The molecule has 3 rings (SSSR count). The Morgan fingerprint density at radius 2 is 1.61 bits per heavy atom. The molecule has 6 heteroatoms. The molecule has 2 aromatic carbocycles. The van der Waals surface area contributed by atoms with E-state index < -0.39 is 6.04 Å². The van der Waals surface area contributed by atoms with Gasteiger partial charge >= 0.3 is 6.03 Å². The topological polar surface area (TPSA) is 64.7 Å². The van der Waals surface area contributed by atoms with Crippen LogP contribution in [0.1, 0.15) is 30.5 Å². The number of benzene rings is 2. The van der Waals surface area contributed by atoms with Crippen molar-refractivity contribution < 1.29 is 9.59 Å². The van der Waals surface area contributed by atoms with Crippen LogP contribution in [0.5, 0.6) is 0 Å². The summed E-state index contributed by atoms with van der Waals surface area (Å²) in [5.41, 5.74) is 3.59. The van der Waals surface area contributed by atoms with Gasteiger partial charge in [0.05, 0.1) is 0 Å². The number of amides is 3. The molecule has 166 valence electrons. The van der Waals surface area contributed by atoms with Crippen LogP contribution in [0.15, 0.2) is 54.6 Å². The number of rotatable bonds is 7. The highest BCUT2D eigenvalue weighted by Crippen LogP contribution is 2.13. The number of aryl methyl sites for hydroxylation is 1. The Bertz CT molecular complexity index is 861. The van der Waals surface area contributed by atoms with Gasteiger partial charge in [-0.25, -0.2) is 4.79 Å². The Kier molecular flexibility index (Phi) is 8.06. The summed E-state index contributed by atoms with van der Waals surface area (Å²) in [4.78, 5) is 29.8. The van der Waals surface area contributed by atoms with Crippen molar-refractivity contribution in [2.24, 2.45) is 5.92 Å². The second-order valence-corrected chi connectivity index (χ2v) is 8.62. The van der Waals surface area contributed by atoms with Gasteiger partial charge in [0, 0.05) is 39.3 Å². The Hall–Kier alpha value is -2.86. The van der Waals surface area contributed by atoms with Gasteiger partial charge in [-0.2, -0.15) is 0 Å². The molecule has 0 bridgehead atoms. The van der Waals surface area contributed by atoms with Gasteiger partial charge in [-0.05, 0) is 24.0 Å². The van der Waals surface area contributed by atoms with E-state index in [9.17, 15) is 9.59 Å². The predicted octanol–water partition coefficient (Wildman–Crippen LogP) is 3.16. The lowest BCUT2D eigenvalue weighted by atomic mass is 10.0. The summed E-state index contributed by atoms with van der Waals surface area (Å²) in [6.45, 7) is 10.4. The first-order valence-corrected chi connectivity index (χ1v) is 11.1. The smallest absolute Gasteiger partial charge is 0.315 e. The van der Waals surface area contributed by atoms with Crippen LogP contribution in [0.3, 0.4) is 0 Å². The largest absolute Gasteiger partial charge is 0.338 e. The van der Waals surface area contributed by atoms with E-state index in [-0.39, 0.29) is 17.9 Å². The van der Waals surface area contributed by atoms with Gasteiger partial charge in [-0.15, -0.1) is 0 Å². The number of carbonyl (C=O) groups is 2. The van der Waals surface area contributed by atoms with Crippen molar-refractivity contribution in [2.45, 2.75) is 39.9 Å². The summed E-state index contributed by atoms with van der Waals surface area (Å²) >= 11 is 0. The van der Waals surface area contributed by atoms with E-state index in [0.29, 0.717) is 19.6 Å². The Morgan fingerprint density at radius 3 is 2.26 bits per heavy atom. The minimum Gasteiger partial charge on any atom is -0.338 e. The van der Waals surface area contributed by atoms with Crippen molar-refractivity contribution in [2.75, 3.05) is 26.2 Å². The maximum absolute atomic E-state index is 13.1. The molecule has 31 heavy (non-hydrogen) atoms. The molecule has 2 N–H and O–H groups in total. The third kappa shape index (κ3) is 6.82. The fraction of sp³-hybridized carbons (Fsp3) is 0.440. The van der Waals surface area contributed by atoms with Crippen LogP contribution in [0, 0.1) is 12.8 Å². The van der Waals surface area contributed by atoms with Gasteiger partial charge in [-0.3, -0.25) is 9.69 Å². The summed E-state index contributed by atoms with van der Waals surface area (Å²) in [5.74, 6) is 0.0142. The van der Waals surface area contributed by atoms with Crippen LogP contribution < -0.4 is 10.6 Å². The number of piperazine rings is 1. The molecule has 1 unspecified atom stereocenters. The molecule has 0 aromatic heterocycles. The molecule has 0 spiro atoms. The number of nitrogens with zero attached hydrogens (tertiary/aromatic N) is 2. The molecule has 1 aliphatic heterocycles. The molecule has 6 nitrogen and oxygen atoms in total. The van der Waals surface area contributed by atoms with Crippen molar-refractivity contribution in [1.82, 2.24) is 20.4 Å². The third-order valence-corrected chi connectivity index (χ3v) is 5.69. The SMILES string of the molecule is Cc1cccc(CN2CCN(C(=O)C(NC(=O)NCc3ccccc3)C(C)C)CC2)c1. The van der Waals surface area contributed by atoms with Gasteiger partial charge in [0.1, 0.15) is 6.04 Å². The van der Waals surface area contributed by atoms with Crippen molar-refractivity contribution >= 4 is 11.9 Å². The standard InChI is InChI=1S/C25H34N4O2/c1-19(2)23(27-25(31)26-17-21-9-5-4-6-10-21)24(30)29-14-12-28(13-15-29)18-22-11-7-8-20(3)16-22/h4-11,16,19,23H,12-15,17-18H2,1-3H3,(H2,26,27,31). The van der Waals surface area contributed by atoms with Gasteiger partial charge in [0.25, 0.3) is 0 Å².